The lowest BCUT2D eigenvalue weighted by molar-refractivity contribution is 0.104. The van der Waals surface area contributed by atoms with Crippen LogP contribution in [-0.2, 0) is 0 Å². The Morgan fingerprint density at radius 3 is 2.56 bits per heavy atom. The van der Waals surface area contributed by atoms with Gasteiger partial charge in [-0.25, -0.2) is 4.98 Å². The van der Waals surface area contributed by atoms with Crippen molar-refractivity contribution in [3.63, 3.8) is 0 Å². The van der Waals surface area contributed by atoms with E-state index in [1.807, 2.05) is 45.0 Å². The van der Waals surface area contributed by atoms with Crippen molar-refractivity contribution >= 4 is 45.4 Å². The Balaban J connectivity index is 1.92. The zero-order chi connectivity index (χ0) is 18.1. The van der Waals surface area contributed by atoms with E-state index in [1.165, 1.54) is 11.3 Å². The molecule has 0 bridgehead atoms. The van der Waals surface area contributed by atoms with E-state index >= 15 is 0 Å². The van der Waals surface area contributed by atoms with Gasteiger partial charge in [-0.1, -0.05) is 35.1 Å². The van der Waals surface area contributed by atoms with Crippen LogP contribution in [0.25, 0.3) is 0 Å². The van der Waals surface area contributed by atoms with E-state index in [0.717, 1.165) is 22.4 Å². The number of carbonyl (C=O) groups excluding carboxylic acids is 1. The molecule has 0 saturated carbocycles. The van der Waals surface area contributed by atoms with Crippen LogP contribution in [0.3, 0.4) is 0 Å². The number of hydrogen-bond donors (Lipinski definition) is 2. The van der Waals surface area contributed by atoms with Crippen molar-refractivity contribution < 1.29 is 4.79 Å². The van der Waals surface area contributed by atoms with Crippen LogP contribution in [-0.4, -0.2) is 10.8 Å². The quantitative estimate of drug-likeness (QED) is 0.612. The largest absolute Gasteiger partial charge is 0.382 e. The molecule has 0 spiro atoms. The molecule has 4 nitrogen and oxygen atoms in total. The van der Waals surface area contributed by atoms with Crippen LogP contribution in [0.1, 0.15) is 31.9 Å². The third-order valence-electron chi connectivity index (χ3n) is 4.02. The minimum atomic E-state index is -0.102. The van der Waals surface area contributed by atoms with Gasteiger partial charge < -0.3 is 11.1 Å². The first-order chi connectivity index (χ1) is 11.8. The van der Waals surface area contributed by atoms with Gasteiger partial charge in [-0.3, -0.25) is 4.79 Å². The summed E-state index contributed by atoms with van der Waals surface area (Å²) in [6.45, 7) is 5.96. The second-order valence-corrected chi connectivity index (χ2v) is 7.38. The minimum Gasteiger partial charge on any atom is -0.382 e. The van der Waals surface area contributed by atoms with Crippen molar-refractivity contribution in [2.45, 2.75) is 20.8 Å². The van der Waals surface area contributed by atoms with Gasteiger partial charge in [0.1, 0.15) is 10.7 Å². The molecule has 3 rings (SSSR count). The molecule has 1 heterocycles. The van der Waals surface area contributed by atoms with Gasteiger partial charge in [-0.15, -0.1) is 0 Å². The fourth-order valence-electron chi connectivity index (χ4n) is 2.57. The number of thiazole rings is 1. The molecule has 3 aromatic rings. The number of aromatic nitrogens is 1. The van der Waals surface area contributed by atoms with Crippen molar-refractivity contribution in [2.24, 2.45) is 0 Å². The van der Waals surface area contributed by atoms with Gasteiger partial charge in [-0.05, 0) is 61.7 Å². The van der Waals surface area contributed by atoms with E-state index in [1.54, 1.807) is 12.1 Å². The first-order valence-electron chi connectivity index (χ1n) is 7.76. The normalized spacial score (nSPS) is 10.7. The van der Waals surface area contributed by atoms with Crippen molar-refractivity contribution in [1.29, 1.82) is 0 Å². The first-order valence-corrected chi connectivity index (χ1v) is 8.96. The van der Waals surface area contributed by atoms with Gasteiger partial charge in [0.05, 0.1) is 0 Å². The molecule has 0 amide bonds. The van der Waals surface area contributed by atoms with Crippen molar-refractivity contribution in [1.82, 2.24) is 4.98 Å². The number of anilines is 3. The molecule has 0 aliphatic rings. The highest BCUT2D eigenvalue weighted by Crippen LogP contribution is 2.31. The molecule has 0 unspecified atom stereocenters. The third-order valence-corrected chi connectivity index (χ3v) is 5.24. The van der Waals surface area contributed by atoms with Crippen LogP contribution >= 0.6 is 22.9 Å². The highest BCUT2D eigenvalue weighted by Gasteiger charge is 2.20. The summed E-state index contributed by atoms with van der Waals surface area (Å²) in [7, 11) is 0. The number of ketones is 1. The number of rotatable bonds is 4. The number of aryl methyl sites for hydroxylation is 3. The molecule has 128 valence electrons. The minimum absolute atomic E-state index is 0.102. The molecule has 0 radical (unpaired) electrons. The van der Waals surface area contributed by atoms with Gasteiger partial charge in [0, 0.05) is 16.3 Å². The van der Waals surface area contributed by atoms with Gasteiger partial charge in [-0.2, -0.15) is 0 Å². The zero-order valence-corrected chi connectivity index (χ0v) is 15.8. The number of hydrogen-bond acceptors (Lipinski definition) is 5. The number of benzene rings is 2. The van der Waals surface area contributed by atoms with Crippen LogP contribution in [0.15, 0.2) is 36.4 Å². The smallest absolute Gasteiger partial charge is 0.207 e. The van der Waals surface area contributed by atoms with Crippen LogP contribution in [0, 0.1) is 20.8 Å². The molecular weight excluding hydrogens is 354 g/mol. The van der Waals surface area contributed by atoms with Crippen LogP contribution in [0.5, 0.6) is 0 Å². The van der Waals surface area contributed by atoms with E-state index in [9.17, 15) is 4.79 Å². The maximum absolute atomic E-state index is 12.9. The summed E-state index contributed by atoms with van der Waals surface area (Å²) in [6.07, 6.45) is 0. The number of halogens is 1. The molecule has 25 heavy (non-hydrogen) atoms. The molecule has 0 fully saturated rings. The molecule has 0 saturated heterocycles. The molecule has 1 aromatic heterocycles. The fourth-order valence-corrected chi connectivity index (χ4v) is 3.61. The Bertz CT molecular complexity index is 965. The van der Waals surface area contributed by atoms with Gasteiger partial charge in [0.15, 0.2) is 5.13 Å². The topological polar surface area (TPSA) is 68.0 Å². The van der Waals surface area contributed by atoms with E-state index in [0.29, 0.717) is 20.6 Å². The SMILES string of the molecule is Cc1cc(C)c(C(=O)c2sc(Nc3cccc(Cl)c3)nc2N)cc1C. The predicted octanol–water partition coefficient (Wildman–Crippen LogP) is 5.28. The molecule has 0 aliphatic heterocycles. The Kier molecular flexibility index (Phi) is 4.79. The highest BCUT2D eigenvalue weighted by atomic mass is 35.5. The van der Waals surface area contributed by atoms with E-state index in [-0.39, 0.29) is 11.6 Å². The van der Waals surface area contributed by atoms with E-state index < -0.39 is 0 Å². The second kappa shape index (κ2) is 6.86. The molecule has 0 atom stereocenters. The van der Waals surface area contributed by atoms with Gasteiger partial charge >= 0.3 is 0 Å². The summed E-state index contributed by atoms with van der Waals surface area (Å²) in [4.78, 5) is 17.6. The van der Waals surface area contributed by atoms with Crippen LogP contribution in [0.2, 0.25) is 5.02 Å². The lowest BCUT2D eigenvalue weighted by atomic mass is 9.97. The summed E-state index contributed by atoms with van der Waals surface area (Å²) in [5.74, 6) is 0.131. The average Bonchev–Trinajstić information content (AvgIpc) is 2.90. The highest BCUT2D eigenvalue weighted by molar-refractivity contribution is 7.18. The summed E-state index contributed by atoms with van der Waals surface area (Å²) in [5, 5.41) is 4.32. The number of nitrogens with zero attached hydrogens (tertiary/aromatic N) is 1. The summed E-state index contributed by atoms with van der Waals surface area (Å²) >= 11 is 7.23. The molecule has 2 aromatic carbocycles. The second-order valence-electron chi connectivity index (χ2n) is 5.95. The lowest BCUT2D eigenvalue weighted by Crippen LogP contribution is -2.05. The Morgan fingerprint density at radius 2 is 1.84 bits per heavy atom. The molecular formula is C19H18ClN3OS. The predicted molar refractivity (Wildman–Crippen MR) is 105 cm³/mol. The van der Waals surface area contributed by atoms with Gasteiger partial charge in [0.2, 0.25) is 5.78 Å². The molecule has 6 heteroatoms. The Morgan fingerprint density at radius 1 is 1.12 bits per heavy atom. The van der Waals surface area contributed by atoms with Crippen molar-refractivity contribution in [3.8, 4) is 0 Å². The summed E-state index contributed by atoms with van der Waals surface area (Å²) in [6, 6.07) is 11.2. The fraction of sp³-hybridized carbons (Fsp3) is 0.158. The van der Waals surface area contributed by atoms with Crippen LogP contribution in [0.4, 0.5) is 16.6 Å². The number of carbonyl (C=O) groups is 1. The lowest BCUT2D eigenvalue weighted by Gasteiger charge is -2.08. The number of nitrogens with one attached hydrogen (secondary N) is 1. The van der Waals surface area contributed by atoms with Crippen molar-refractivity contribution in [2.75, 3.05) is 11.1 Å². The van der Waals surface area contributed by atoms with Crippen molar-refractivity contribution in [3.05, 3.63) is 68.6 Å². The maximum atomic E-state index is 12.9. The number of nitrogens with two attached hydrogens (primary N) is 1. The standard InChI is InChI=1S/C19H18ClN3OS/c1-10-7-12(3)15(8-11(10)2)16(24)17-18(21)23-19(25-17)22-14-6-4-5-13(20)9-14/h4-9H,21H2,1-3H3,(H,22,23). The molecule has 3 N–H and O–H groups in total. The molecule has 0 aliphatic carbocycles. The van der Waals surface area contributed by atoms with E-state index in [4.69, 9.17) is 17.3 Å². The Labute approximate surface area is 155 Å². The zero-order valence-electron chi connectivity index (χ0n) is 14.2. The summed E-state index contributed by atoms with van der Waals surface area (Å²) in [5.41, 5.74) is 10.6. The average molecular weight is 372 g/mol. The van der Waals surface area contributed by atoms with Crippen LogP contribution < -0.4 is 11.1 Å². The van der Waals surface area contributed by atoms with E-state index in [2.05, 4.69) is 10.3 Å². The first kappa shape index (κ1) is 17.5. The third kappa shape index (κ3) is 3.67. The Hall–Kier alpha value is -2.37. The number of nitrogen functional groups attached to an aromatic ring is 1. The monoisotopic (exact) mass is 371 g/mol. The van der Waals surface area contributed by atoms with Gasteiger partial charge in [0.25, 0.3) is 0 Å². The summed E-state index contributed by atoms with van der Waals surface area (Å²) < 4.78 is 0. The maximum Gasteiger partial charge on any atom is 0.207 e.